The molecule has 0 amide bonds. The maximum atomic E-state index is 5.84. The average molecular weight is 275 g/mol. The second-order valence-electron chi connectivity index (χ2n) is 3.11. The van der Waals surface area contributed by atoms with E-state index in [1.54, 1.807) is 0 Å². The number of hydrogen-bond donors (Lipinski definition) is 0. The maximum absolute atomic E-state index is 5.84. The fraction of sp³-hybridized carbons (Fsp3) is 0.200. The van der Waals surface area contributed by atoms with Crippen LogP contribution in [0.5, 0.6) is 0 Å². The molecule has 0 unspecified atom stereocenters. The first-order chi connectivity index (χ1) is 7.75. The average Bonchev–Trinajstić information content (AvgIpc) is 2.68. The van der Waals surface area contributed by atoms with Gasteiger partial charge in [0.15, 0.2) is 0 Å². The lowest BCUT2D eigenvalue weighted by Gasteiger charge is -2.02. The van der Waals surface area contributed by atoms with Gasteiger partial charge in [-0.1, -0.05) is 39.8 Å². The molecule has 1 aromatic heterocycles. The van der Waals surface area contributed by atoms with E-state index in [4.69, 9.17) is 27.9 Å². The molecule has 84 valence electrons. The van der Waals surface area contributed by atoms with Gasteiger partial charge in [-0.2, -0.15) is 0 Å². The molecule has 0 aliphatic rings. The van der Waals surface area contributed by atoms with Crippen LogP contribution in [0.4, 0.5) is 0 Å². The first kappa shape index (κ1) is 11.8. The Morgan fingerprint density at radius 2 is 1.88 bits per heavy atom. The highest BCUT2D eigenvalue weighted by atomic mass is 35.5. The lowest BCUT2D eigenvalue weighted by atomic mass is 10.2. The summed E-state index contributed by atoms with van der Waals surface area (Å²) in [6, 6.07) is 7.50. The summed E-state index contributed by atoms with van der Waals surface area (Å²) in [4.78, 5) is 0. The van der Waals surface area contributed by atoms with Gasteiger partial charge in [-0.3, -0.25) is 0 Å². The molecule has 1 heterocycles. The van der Waals surface area contributed by atoms with Gasteiger partial charge in [-0.25, -0.2) is 0 Å². The Morgan fingerprint density at radius 3 is 2.50 bits per heavy atom. The monoisotopic (exact) mass is 274 g/mol. The molecule has 0 aliphatic carbocycles. The fourth-order valence-electron chi connectivity index (χ4n) is 1.13. The third-order valence-electron chi connectivity index (χ3n) is 1.93. The summed E-state index contributed by atoms with van der Waals surface area (Å²) in [5.41, 5.74) is 1.74. The van der Waals surface area contributed by atoms with Crippen LogP contribution in [0, 0.1) is 0 Å². The molecule has 0 fully saturated rings. The van der Waals surface area contributed by atoms with Gasteiger partial charge in [0.2, 0.25) is 0 Å². The summed E-state index contributed by atoms with van der Waals surface area (Å²) in [5.74, 6) is 0. The van der Waals surface area contributed by atoms with E-state index in [-0.39, 0.29) is 0 Å². The van der Waals surface area contributed by atoms with Crippen molar-refractivity contribution in [1.29, 1.82) is 0 Å². The minimum absolute atomic E-state index is 0.373. The Bertz CT molecular complexity index is 458. The molecule has 0 aliphatic heterocycles. The first-order valence-electron chi connectivity index (χ1n) is 4.54. The van der Waals surface area contributed by atoms with E-state index in [1.807, 2.05) is 24.3 Å². The molecule has 2 aromatic rings. The molecule has 0 saturated carbocycles. The first-order valence-corrected chi connectivity index (χ1v) is 6.07. The fourth-order valence-corrected chi connectivity index (χ4v) is 1.86. The zero-order valence-corrected chi connectivity index (χ0v) is 10.5. The lowest BCUT2D eigenvalue weighted by molar-refractivity contribution is 0.104. The van der Waals surface area contributed by atoms with Gasteiger partial charge in [0.25, 0.3) is 0 Å². The predicted molar refractivity (Wildman–Crippen MR) is 64.9 cm³/mol. The van der Waals surface area contributed by atoms with Crippen LogP contribution in [0.2, 0.25) is 9.36 Å². The van der Waals surface area contributed by atoms with E-state index in [0.29, 0.717) is 23.2 Å². The van der Waals surface area contributed by atoms with Crippen molar-refractivity contribution in [1.82, 2.24) is 9.59 Å². The molecule has 0 atom stereocenters. The zero-order chi connectivity index (χ0) is 11.4. The van der Waals surface area contributed by atoms with Gasteiger partial charge in [-0.05, 0) is 17.7 Å². The van der Waals surface area contributed by atoms with Crippen molar-refractivity contribution in [3.8, 4) is 0 Å². The van der Waals surface area contributed by atoms with Crippen LogP contribution in [0.1, 0.15) is 11.3 Å². The highest BCUT2D eigenvalue weighted by Crippen LogP contribution is 2.18. The minimum atomic E-state index is 0.373. The number of halogens is 2. The Hall–Kier alpha value is -0.680. The molecular formula is C10H8Cl2N2OS. The SMILES string of the molecule is Clc1ccc(COCc2nnsc2Cl)cc1. The summed E-state index contributed by atoms with van der Waals surface area (Å²) >= 11 is 12.8. The normalized spacial score (nSPS) is 10.6. The molecule has 16 heavy (non-hydrogen) atoms. The van der Waals surface area contributed by atoms with Crippen LogP contribution < -0.4 is 0 Å². The van der Waals surface area contributed by atoms with E-state index < -0.39 is 0 Å². The summed E-state index contributed by atoms with van der Waals surface area (Å²) in [7, 11) is 0. The molecule has 3 nitrogen and oxygen atoms in total. The number of aromatic nitrogens is 2. The number of hydrogen-bond acceptors (Lipinski definition) is 4. The van der Waals surface area contributed by atoms with Crippen molar-refractivity contribution in [3.05, 3.63) is 44.9 Å². The summed E-state index contributed by atoms with van der Waals surface area (Å²) in [5, 5.41) is 4.57. The summed E-state index contributed by atoms with van der Waals surface area (Å²) < 4.78 is 9.76. The van der Waals surface area contributed by atoms with Crippen LogP contribution in [0.25, 0.3) is 0 Å². The van der Waals surface area contributed by atoms with E-state index in [1.165, 1.54) is 0 Å². The molecule has 0 spiro atoms. The Morgan fingerprint density at radius 1 is 1.12 bits per heavy atom. The van der Waals surface area contributed by atoms with E-state index in [0.717, 1.165) is 22.1 Å². The van der Waals surface area contributed by atoms with E-state index in [9.17, 15) is 0 Å². The molecule has 2 rings (SSSR count). The smallest absolute Gasteiger partial charge is 0.139 e. The van der Waals surface area contributed by atoms with Gasteiger partial charge in [0.1, 0.15) is 10.0 Å². The molecular weight excluding hydrogens is 267 g/mol. The van der Waals surface area contributed by atoms with Crippen molar-refractivity contribution in [2.45, 2.75) is 13.2 Å². The third-order valence-corrected chi connectivity index (χ3v) is 3.17. The standard InChI is InChI=1S/C10H8Cl2N2OS/c11-8-3-1-7(2-4-8)5-15-6-9-10(12)16-14-13-9/h1-4H,5-6H2. The van der Waals surface area contributed by atoms with Gasteiger partial charge < -0.3 is 4.74 Å². The predicted octanol–water partition coefficient (Wildman–Crippen LogP) is 3.56. The number of nitrogens with zero attached hydrogens (tertiary/aromatic N) is 2. The zero-order valence-electron chi connectivity index (χ0n) is 8.19. The second-order valence-corrected chi connectivity index (χ2v) is 4.91. The Balaban J connectivity index is 1.84. The summed E-state index contributed by atoms with van der Waals surface area (Å²) in [6.45, 7) is 0.878. The second kappa shape index (κ2) is 5.59. The van der Waals surface area contributed by atoms with Gasteiger partial charge in [0.05, 0.1) is 13.2 Å². The van der Waals surface area contributed by atoms with E-state index >= 15 is 0 Å². The van der Waals surface area contributed by atoms with Crippen LogP contribution in [-0.4, -0.2) is 9.59 Å². The maximum Gasteiger partial charge on any atom is 0.139 e. The molecule has 6 heteroatoms. The van der Waals surface area contributed by atoms with Gasteiger partial charge in [0, 0.05) is 16.6 Å². The van der Waals surface area contributed by atoms with Crippen LogP contribution in [0.3, 0.4) is 0 Å². The number of benzene rings is 1. The van der Waals surface area contributed by atoms with Crippen molar-refractivity contribution in [3.63, 3.8) is 0 Å². The minimum Gasteiger partial charge on any atom is -0.370 e. The van der Waals surface area contributed by atoms with E-state index in [2.05, 4.69) is 9.59 Å². The third kappa shape index (κ3) is 3.15. The highest BCUT2D eigenvalue weighted by molar-refractivity contribution is 7.10. The lowest BCUT2D eigenvalue weighted by Crippen LogP contribution is -1.95. The topological polar surface area (TPSA) is 35.0 Å². The molecule has 0 N–H and O–H groups in total. The molecule has 0 saturated heterocycles. The van der Waals surface area contributed by atoms with Crippen LogP contribution in [0.15, 0.2) is 24.3 Å². The number of ether oxygens (including phenoxy) is 1. The van der Waals surface area contributed by atoms with Crippen LogP contribution in [-0.2, 0) is 18.0 Å². The Kier molecular flexibility index (Phi) is 4.12. The number of rotatable bonds is 4. The molecule has 1 aromatic carbocycles. The van der Waals surface area contributed by atoms with Crippen LogP contribution >= 0.6 is 34.7 Å². The van der Waals surface area contributed by atoms with Crippen molar-refractivity contribution >= 4 is 34.7 Å². The van der Waals surface area contributed by atoms with Crippen molar-refractivity contribution in [2.24, 2.45) is 0 Å². The largest absolute Gasteiger partial charge is 0.370 e. The molecule has 0 radical (unpaired) electrons. The van der Waals surface area contributed by atoms with Crippen molar-refractivity contribution < 1.29 is 4.74 Å². The summed E-state index contributed by atoms with van der Waals surface area (Å²) in [6.07, 6.45) is 0. The molecule has 0 bridgehead atoms. The quantitative estimate of drug-likeness (QED) is 0.855. The highest BCUT2D eigenvalue weighted by Gasteiger charge is 2.04. The van der Waals surface area contributed by atoms with Gasteiger partial charge in [-0.15, -0.1) is 5.10 Å². The van der Waals surface area contributed by atoms with Gasteiger partial charge >= 0.3 is 0 Å². The van der Waals surface area contributed by atoms with Crippen molar-refractivity contribution in [2.75, 3.05) is 0 Å². The Labute approximate surface area is 107 Å².